The Morgan fingerprint density at radius 3 is 2.50 bits per heavy atom. The van der Waals surface area contributed by atoms with E-state index in [1.807, 2.05) is 0 Å². The van der Waals surface area contributed by atoms with Gasteiger partial charge in [-0.25, -0.2) is 20.8 Å². The van der Waals surface area contributed by atoms with E-state index >= 15 is 0 Å². The van der Waals surface area contributed by atoms with Crippen LogP contribution in [-0.2, 0) is 6.18 Å². The first kappa shape index (κ1) is 23.8. The monoisotopic (exact) mass is 460 g/mol. The van der Waals surface area contributed by atoms with Crippen molar-refractivity contribution < 1.29 is 18.0 Å². The van der Waals surface area contributed by atoms with Crippen molar-refractivity contribution in [1.82, 2.24) is 15.3 Å². The Morgan fingerprint density at radius 2 is 1.93 bits per heavy atom. The van der Waals surface area contributed by atoms with E-state index in [4.69, 9.17) is 23.2 Å². The van der Waals surface area contributed by atoms with E-state index in [0.29, 0.717) is 17.9 Å². The third-order valence-corrected chi connectivity index (χ3v) is 4.73. The highest BCUT2D eigenvalue weighted by atomic mass is 35.5. The number of alkyl halides is 3. The fourth-order valence-corrected chi connectivity index (χ4v) is 3.11. The maximum absolute atomic E-state index is 13.0. The SMILES string of the molecule is CC(NC(=O)c1cccc(C(F)(F)F)c1Cl)/C(N)=C(\CCS)N(N)c1ncccn1. The Morgan fingerprint density at radius 1 is 1.30 bits per heavy atom. The van der Waals surface area contributed by atoms with Gasteiger partial charge in [0.05, 0.1) is 33.6 Å². The van der Waals surface area contributed by atoms with Crippen LogP contribution in [0.25, 0.3) is 0 Å². The third kappa shape index (κ3) is 5.55. The molecule has 1 unspecified atom stereocenters. The van der Waals surface area contributed by atoms with Gasteiger partial charge in [-0.05, 0) is 37.3 Å². The van der Waals surface area contributed by atoms with Crippen LogP contribution >= 0.6 is 24.2 Å². The van der Waals surface area contributed by atoms with Crippen LogP contribution < -0.4 is 21.9 Å². The summed E-state index contributed by atoms with van der Waals surface area (Å²) in [6, 6.07) is 3.93. The molecule has 12 heteroatoms. The first-order chi connectivity index (χ1) is 14.1. The number of aromatic nitrogens is 2. The van der Waals surface area contributed by atoms with Crippen molar-refractivity contribution in [2.45, 2.75) is 25.6 Å². The Hall–Kier alpha value is -2.50. The molecule has 0 saturated heterocycles. The molecule has 1 atom stereocenters. The number of amides is 1. The van der Waals surface area contributed by atoms with Gasteiger partial charge in [-0.2, -0.15) is 25.8 Å². The lowest BCUT2D eigenvalue weighted by atomic mass is 10.1. The molecular formula is C18H20ClF3N6OS. The molecule has 2 aromatic rings. The van der Waals surface area contributed by atoms with Crippen molar-refractivity contribution in [3.63, 3.8) is 0 Å². The second-order valence-corrected chi connectivity index (χ2v) is 6.98. The quantitative estimate of drug-likeness (QED) is 0.287. The maximum Gasteiger partial charge on any atom is 0.417 e. The predicted octanol–water partition coefficient (Wildman–Crippen LogP) is 3.14. The zero-order valence-corrected chi connectivity index (χ0v) is 17.5. The Balaban J connectivity index is 2.30. The van der Waals surface area contributed by atoms with Gasteiger partial charge in [-0.3, -0.25) is 4.79 Å². The minimum Gasteiger partial charge on any atom is -0.399 e. The molecule has 0 spiro atoms. The second-order valence-electron chi connectivity index (χ2n) is 6.15. The van der Waals surface area contributed by atoms with Crippen molar-refractivity contribution in [2.75, 3.05) is 10.8 Å². The van der Waals surface area contributed by atoms with Crippen LogP contribution in [0, 0.1) is 0 Å². The van der Waals surface area contributed by atoms with E-state index in [9.17, 15) is 18.0 Å². The summed E-state index contributed by atoms with van der Waals surface area (Å²) in [4.78, 5) is 20.6. The number of halogens is 4. The van der Waals surface area contributed by atoms with Gasteiger partial charge in [-0.1, -0.05) is 17.7 Å². The summed E-state index contributed by atoms with van der Waals surface area (Å²) in [7, 11) is 0. The number of allylic oxidation sites excluding steroid dienone is 1. The molecule has 7 nitrogen and oxygen atoms in total. The van der Waals surface area contributed by atoms with Gasteiger partial charge >= 0.3 is 6.18 Å². The molecule has 0 aliphatic carbocycles. The molecule has 0 fully saturated rings. The van der Waals surface area contributed by atoms with Crippen molar-refractivity contribution in [3.05, 3.63) is 64.2 Å². The van der Waals surface area contributed by atoms with Crippen molar-refractivity contribution in [2.24, 2.45) is 11.6 Å². The van der Waals surface area contributed by atoms with Crippen molar-refractivity contribution >= 4 is 36.1 Å². The van der Waals surface area contributed by atoms with Crippen LogP contribution in [0.15, 0.2) is 48.1 Å². The number of anilines is 1. The summed E-state index contributed by atoms with van der Waals surface area (Å²) < 4.78 is 39.1. The number of rotatable bonds is 7. The lowest BCUT2D eigenvalue weighted by molar-refractivity contribution is -0.137. The summed E-state index contributed by atoms with van der Waals surface area (Å²) in [5.74, 6) is 5.82. The van der Waals surface area contributed by atoms with Crippen molar-refractivity contribution in [1.29, 1.82) is 0 Å². The van der Waals surface area contributed by atoms with E-state index < -0.39 is 28.7 Å². The zero-order valence-electron chi connectivity index (χ0n) is 15.8. The Bertz CT molecular complexity index is 926. The number of thiol groups is 1. The molecule has 1 heterocycles. The molecule has 0 bridgehead atoms. The van der Waals surface area contributed by atoms with Crippen LogP contribution in [0.5, 0.6) is 0 Å². The number of benzene rings is 1. The summed E-state index contributed by atoms with van der Waals surface area (Å²) in [6.07, 6.45) is -1.36. The van der Waals surface area contributed by atoms with Gasteiger partial charge in [0.2, 0.25) is 5.95 Å². The molecule has 0 aliphatic heterocycles. The lowest BCUT2D eigenvalue weighted by Gasteiger charge is -2.25. The second kappa shape index (κ2) is 10.0. The number of nitrogens with one attached hydrogen (secondary N) is 1. The predicted molar refractivity (Wildman–Crippen MR) is 112 cm³/mol. The van der Waals surface area contributed by atoms with E-state index in [2.05, 4.69) is 27.9 Å². The van der Waals surface area contributed by atoms with Crippen LogP contribution in [0.1, 0.15) is 29.3 Å². The molecule has 5 N–H and O–H groups in total. The molecule has 0 radical (unpaired) electrons. The summed E-state index contributed by atoms with van der Waals surface area (Å²) >= 11 is 10.00. The first-order valence-electron chi connectivity index (χ1n) is 8.65. The summed E-state index contributed by atoms with van der Waals surface area (Å²) in [6.45, 7) is 1.56. The van der Waals surface area contributed by atoms with Gasteiger partial charge in [0, 0.05) is 12.4 Å². The van der Waals surface area contributed by atoms with Crippen LogP contribution in [0.4, 0.5) is 19.1 Å². The van der Waals surface area contributed by atoms with E-state index in [0.717, 1.165) is 12.1 Å². The highest BCUT2D eigenvalue weighted by molar-refractivity contribution is 7.80. The highest BCUT2D eigenvalue weighted by Gasteiger charge is 2.34. The highest BCUT2D eigenvalue weighted by Crippen LogP contribution is 2.36. The van der Waals surface area contributed by atoms with Gasteiger partial charge in [0.25, 0.3) is 5.91 Å². The molecular weight excluding hydrogens is 441 g/mol. The molecule has 30 heavy (non-hydrogen) atoms. The smallest absolute Gasteiger partial charge is 0.399 e. The van der Waals surface area contributed by atoms with Crippen LogP contribution in [0.2, 0.25) is 5.02 Å². The first-order valence-corrected chi connectivity index (χ1v) is 9.66. The van der Waals surface area contributed by atoms with Gasteiger partial charge in [0.15, 0.2) is 0 Å². The average Bonchev–Trinajstić information content (AvgIpc) is 2.70. The minimum atomic E-state index is -4.69. The summed E-state index contributed by atoms with van der Waals surface area (Å²) in [5.41, 5.74) is 5.35. The maximum atomic E-state index is 13.0. The van der Waals surface area contributed by atoms with Gasteiger partial charge < -0.3 is 11.1 Å². The molecule has 2 rings (SSSR count). The van der Waals surface area contributed by atoms with Crippen molar-refractivity contribution in [3.8, 4) is 0 Å². The standard InChI is InChI=1S/C18H20ClF3N6OS/c1-10(15(23)13(6-9-30)28(24)17-25-7-3-8-26-17)27-16(29)11-4-2-5-12(14(11)19)18(20,21)22/h2-5,7-8,10,30H,6,9,23-24H2,1H3,(H,27,29)/b15-13-. The minimum absolute atomic E-state index is 0.176. The number of hydrazine groups is 1. The number of carbonyl (C=O) groups is 1. The number of hydrogen-bond donors (Lipinski definition) is 4. The number of carbonyl (C=O) groups excluding carboxylic acids is 1. The molecule has 1 aromatic carbocycles. The molecule has 1 aromatic heterocycles. The van der Waals surface area contributed by atoms with Gasteiger partial charge in [0.1, 0.15) is 0 Å². The molecule has 0 saturated carbocycles. The number of nitrogens with two attached hydrogens (primary N) is 2. The Kier molecular flexibility index (Phi) is 7.93. The normalized spacial score (nSPS) is 13.4. The molecule has 1 amide bonds. The van der Waals surface area contributed by atoms with E-state index in [1.54, 1.807) is 13.0 Å². The third-order valence-electron chi connectivity index (χ3n) is 4.10. The fourth-order valence-electron chi connectivity index (χ4n) is 2.57. The lowest BCUT2D eigenvalue weighted by Crippen LogP contribution is -2.41. The number of hydrogen-bond acceptors (Lipinski definition) is 7. The topological polar surface area (TPSA) is 110 Å². The molecule has 162 valence electrons. The van der Waals surface area contributed by atoms with E-state index in [1.165, 1.54) is 23.5 Å². The summed E-state index contributed by atoms with van der Waals surface area (Å²) in [5, 5.41) is 3.02. The van der Waals surface area contributed by atoms with Gasteiger partial charge in [-0.15, -0.1) is 0 Å². The largest absolute Gasteiger partial charge is 0.417 e. The van der Waals surface area contributed by atoms with Crippen LogP contribution in [-0.4, -0.2) is 27.7 Å². The fraction of sp³-hybridized carbons (Fsp3) is 0.278. The number of nitrogens with zero attached hydrogens (tertiary/aromatic N) is 3. The van der Waals surface area contributed by atoms with E-state index in [-0.39, 0.29) is 17.2 Å². The molecule has 0 aliphatic rings. The average molecular weight is 461 g/mol. The van der Waals surface area contributed by atoms with Crippen LogP contribution in [0.3, 0.4) is 0 Å². The Labute approximate surface area is 181 Å². The zero-order chi connectivity index (χ0) is 22.5.